The second kappa shape index (κ2) is 11.7. The molecule has 1 aromatic heterocycles. The number of carbonyl (C=O) groups is 1. The molecule has 38 heavy (non-hydrogen) atoms. The number of hydrogen-bond acceptors (Lipinski definition) is 5. The molecule has 0 fully saturated rings. The Hall–Kier alpha value is -3.16. The van der Waals surface area contributed by atoms with Gasteiger partial charge in [0.25, 0.3) is 0 Å². The van der Waals surface area contributed by atoms with Gasteiger partial charge in [0.2, 0.25) is 0 Å². The zero-order chi connectivity index (χ0) is 28.3. The standard InChI is InChI=1S/C24H22ClF6N3O4/c25-18-6-4-16(5-7-18)21-32-34(22(38)33(21)12-20(37)24(29,30)31)11-19(36)10-15(13-35)8-14-2-1-3-17(9-14)23(26,27)28/h1-7,9,15,20,35,37H,8,10-13H2/t15-,20+/m1/s1. The van der Waals surface area contributed by atoms with Gasteiger partial charge in [0.05, 0.1) is 12.1 Å². The van der Waals surface area contributed by atoms with Crippen LogP contribution in [0, 0.1) is 5.92 Å². The van der Waals surface area contributed by atoms with Crippen molar-refractivity contribution in [2.24, 2.45) is 5.92 Å². The van der Waals surface area contributed by atoms with E-state index in [2.05, 4.69) is 5.10 Å². The number of alkyl halides is 6. The van der Waals surface area contributed by atoms with Gasteiger partial charge in [0, 0.05) is 23.6 Å². The summed E-state index contributed by atoms with van der Waals surface area (Å²) < 4.78 is 79.0. The van der Waals surface area contributed by atoms with Crippen LogP contribution in [-0.2, 0) is 30.5 Å². The van der Waals surface area contributed by atoms with Crippen LogP contribution in [0.25, 0.3) is 11.4 Å². The van der Waals surface area contributed by atoms with Crippen LogP contribution in [0.2, 0.25) is 5.02 Å². The summed E-state index contributed by atoms with van der Waals surface area (Å²) >= 11 is 5.84. The molecule has 0 unspecified atom stereocenters. The van der Waals surface area contributed by atoms with Crippen LogP contribution in [-0.4, -0.2) is 49.2 Å². The van der Waals surface area contributed by atoms with E-state index in [1.54, 1.807) is 0 Å². The number of aliphatic hydroxyl groups excluding tert-OH is 2. The summed E-state index contributed by atoms with van der Waals surface area (Å²) in [5.74, 6) is -1.67. The lowest BCUT2D eigenvalue weighted by atomic mass is 9.94. The SMILES string of the molecule is O=C(C[C@H](CO)Cc1cccc(C(F)(F)F)c1)Cn1nc(-c2ccc(Cl)cc2)n(C[C@H](O)C(F)(F)F)c1=O. The summed E-state index contributed by atoms with van der Waals surface area (Å²) in [4.78, 5) is 25.5. The molecule has 3 aromatic rings. The van der Waals surface area contributed by atoms with E-state index < -0.39 is 61.1 Å². The molecule has 0 bridgehead atoms. The Kier molecular flexibility index (Phi) is 9.05. The second-order valence-electron chi connectivity index (χ2n) is 8.63. The summed E-state index contributed by atoms with van der Waals surface area (Å²) in [7, 11) is 0. The number of rotatable bonds is 10. The van der Waals surface area contributed by atoms with Crippen LogP contribution >= 0.6 is 11.6 Å². The lowest BCUT2D eigenvalue weighted by molar-refractivity contribution is -0.207. The minimum atomic E-state index is -5.02. The minimum Gasteiger partial charge on any atom is -0.396 e. The fraction of sp³-hybridized carbons (Fsp3) is 0.375. The van der Waals surface area contributed by atoms with Crippen LogP contribution in [0.5, 0.6) is 0 Å². The highest BCUT2D eigenvalue weighted by Crippen LogP contribution is 2.30. The first kappa shape index (κ1) is 29.4. The molecule has 206 valence electrons. The normalized spacial score (nSPS) is 13.9. The van der Waals surface area contributed by atoms with Gasteiger partial charge in [0.15, 0.2) is 17.7 Å². The number of ketones is 1. The highest BCUT2D eigenvalue weighted by atomic mass is 35.5. The number of hydrogen-bond donors (Lipinski definition) is 2. The average Bonchev–Trinajstić information content (AvgIpc) is 3.13. The molecule has 0 saturated heterocycles. The van der Waals surface area contributed by atoms with Gasteiger partial charge in [-0.3, -0.25) is 9.36 Å². The largest absolute Gasteiger partial charge is 0.416 e. The number of Topliss-reactive ketones (excluding diaryl/α,β-unsaturated/α-hetero) is 1. The Labute approximate surface area is 216 Å². The number of aromatic nitrogens is 3. The molecule has 0 spiro atoms. The van der Waals surface area contributed by atoms with E-state index in [-0.39, 0.29) is 29.8 Å². The molecule has 0 aliphatic rings. The molecule has 2 atom stereocenters. The van der Waals surface area contributed by atoms with Crippen molar-refractivity contribution in [2.45, 2.75) is 44.4 Å². The zero-order valence-electron chi connectivity index (χ0n) is 19.5. The van der Waals surface area contributed by atoms with Crippen LogP contribution in [0.4, 0.5) is 26.3 Å². The van der Waals surface area contributed by atoms with E-state index in [1.165, 1.54) is 36.4 Å². The predicted octanol–water partition coefficient (Wildman–Crippen LogP) is 4.12. The molecule has 2 aromatic carbocycles. The molecular weight excluding hydrogens is 544 g/mol. The van der Waals surface area contributed by atoms with E-state index in [4.69, 9.17) is 11.6 Å². The molecule has 0 aliphatic carbocycles. The van der Waals surface area contributed by atoms with Crippen molar-refractivity contribution in [2.75, 3.05) is 6.61 Å². The Morgan fingerprint density at radius 1 is 1.05 bits per heavy atom. The topological polar surface area (TPSA) is 97.3 Å². The third-order valence-electron chi connectivity index (χ3n) is 5.64. The van der Waals surface area contributed by atoms with Crippen LogP contribution in [0.1, 0.15) is 17.5 Å². The van der Waals surface area contributed by atoms with Gasteiger partial charge < -0.3 is 10.2 Å². The van der Waals surface area contributed by atoms with Gasteiger partial charge in [-0.25, -0.2) is 9.48 Å². The maximum absolute atomic E-state index is 13.0. The number of nitrogens with zero attached hydrogens (tertiary/aromatic N) is 3. The lowest BCUT2D eigenvalue weighted by Crippen LogP contribution is -2.37. The third kappa shape index (κ3) is 7.45. The number of halogens is 7. The van der Waals surface area contributed by atoms with Crippen molar-refractivity contribution in [3.05, 3.63) is 75.2 Å². The van der Waals surface area contributed by atoms with Crippen molar-refractivity contribution < 1.29 is 41.4 Å². The number of carbonyl (C=O) groups excluding carboxylic acids is 1. The van der Waals surface area contributed by atoms with Crippen LogP contribution in [0.3, 0.4) is 0 Å². The van der Waals surface area contributed by atoms with Crippen LogP contribution in [0.15, 0.2) is 53.3 Å². The highest BCUT2D eigenvalue weighted by Gasteiger charge is 2.39. The first-order valence-electron chi connectivity index (χ1n) is 11.2. The van der Waals surface area contributed by atoms with Gasteiger partial charge >= 0.3 is 18.0 Å². The minimum absolute atomic E-state index is 0.0662. The summed E-state index contributed by atoms with van der Waals surface area (Å²) in [6, 6.07) is 10.0. The van der Waals surface area contributed by atoms with E-state index in [0.717, 1.165) is 12.1 Å². The molecule has 1 heterocycles. The van der Waals surface area contributed by atoms with Gasteiger partial charge in [0.1, 0.15) is 6.54 Å². The summed E-state index contributed by atoms with van der Waals surface area (Å²) in [6.07, 6.45) is -12.9. The summed E-state index contributed by atoms with van der Waals surface area (Å²) in [5, 5.41) is 23.5. The summed E-state index contributed by atoms with van der Waals surface area (Å²) in [6.45, 7) is -2.39. The lowest BCUT2D eigenvalue weighted by Gasteiger charge is -2.15. The Morgan fingerprint density at radius 3 is 2.29 bits per heavy atom. The van der Waals surface area contributed by atoms with Gasteiger partial charge in [-0.15, -0.1) is 5.10 Å². The number of aliphatic hydroxyl groups is 2. The van der Waals surface area contributed by atoms with Crippen molar-refractivity contribution in [1.82, 2.24) is 14.3 Å². The molecular formula is C24H22ClF6N3O4. The predicted molar refractivity (Wildman–Crippen MR) is 124 cm³/mol. The molecule has 0 saturated carbocycles. The smallest absolute Gasteiger partial charge is 0.396 e. The monoisotopic (exact) mass is 565 g/mol. The first-order valence-corrected chi connectivity index (χ1v) is 11.5. The number of benzene rings is 2. The Balaban J connectivity index is 1.82. The van der Waals surface area contributed by atoms with E-state index >= 15 is 0 Å². The van der Waals surface area contributed by atoms with Crippen molar-refractivity contribution in [3.63, 3.8) is 0 Å². The molecule has 14 heteroatoms. The Morgan fingerprint density at radius 2 is 1.71 bits per heavy atom. The van der Waals surface area contributed by atoms with E-state index in [0.29, 0.717) is 14.3 Å². The maximum atomic E-state index is 13.0. The Bertz CT molecular complexity index is 1320. The average molecular weight is 566 g/mol. The van der Waals surface area contributed by atoms with Crippen molar-refractivity contribution >= 4 is 17.4 Å². The quantitative estimate of drug-likeness (QED) is 0.361. The molecule has 0 aliphatic heterocycles. The van der Waals surface area contributed by atoms with Gasteiger partial charge in [-0.05, 0) is 48.2 Å². The fourth-order valence-corrected chi connectivity index (χ4v) is 3.89. The second-order valence-corrected chi connectivity index (χ2v) is 9.07. The summed E-state index contributed by atoms with van der Waals surface area (Å²) in [5.41, 5.74) is -1.54. The molecule has 2 N–H and O–H groups in total. The molecule has 3 rings (SSSR count). The zero-order valence-corrected chi connectivity index (χ0v) is 20.3. The van der Waals surface area contributed by atoms with Gasteiger partial charge in [-0.1, -0.05) is 29.8 Å². The van der Waals surface area contributed by atoms with Crippen molar-refractivity contribution in [3.8, 4) is 11.4 Å². The van der Waals surface area contributed by atoms with Gasteiger partial charge in [-0.2, -0.15) is 26.3 Å². The fourth-order valence-electron chi connectivity index (χ4n) is 3.76. The highest BCUT2D eigenvalue weighted by molar-refractivity contribution is 6.30. The van der Waals surface area contributed by atoms with Crippen molar-refractivity contribution in [1.29, 1.82) is 0 Å². The van der Waals surface area contributed by atoms with E-state index in [1.807, 2.05) is 0 Å². The van der Waals surface area contributed by atoms with E-state index in [9.17, 15) is 46.1 Å². The molecule has 0 radical (unpaired) electrons. The molecule has 0 amide bonds. The van der Waals surface area contributed by atoms with Crippen LogP contribution < -0.4 is 5.69 Å². The maximum Gasteiger partial charge on any atom is 0.416 e. The molecule has 7 nitrogen and oxygen atoms in total. The first-order chi connectivity index (χ1) is 17.7. The third-order valence-corrected chi connectivity index (χ3v) is 5.89.